The quantitative estimate of drug-likeness (QED) is 0.641. The van der Waals surface area contributed by atoms with Crippen molar-refractivity contribution in [3.05, 3.63) is 65.5 Å². The van der Waals surface area contributed by atoms with E-state index in [-0.39, 0.29) is 0 Å². The molecule has 0 saturated carbocycles. The normalized spacial score (nSPS) is 16.2. The largest absolute Gasteiger partial charge is 0.338 e. The minimum absolute atomic E-state index is 0.398. The highest BCUT2D eigenvalue weighted by Crippen LogP contribution is 2.23. The Morgan fingerprint density at radius 3 is 2.45 bits per heavy atom. The number of sulfonamides is 1. The van der Waals surface area contributed by atoms with Gasteiger partial charge in [-0.05, 0) is 31.0 Å². The van der Waals surface area contributed by atoms with E-state index >= 15 is 0 Å². The van der Waals surface area contributed by atoms with Crippen LogP contribution in [0.5, 0.6) is 0 Å². The Kier molecular flexibility index (Phi) is 5.49. The monoisotopic (exact) mass is 412 g/mol. The molecular weight excluding hydrogens is 388 g/mol. The summed E-state index contributed by atoms with van der Waals surface area (Å²) in [6, 6.07) is 15.2. The molecular formula is C21H24N4O3S. The maximum absolute atomic E-state index is 13.1. The van der Waals surface area contributed by atoms with Crippen LogP contribution < -0.4 is 0 Å². The van der Waals surface area contributed by atoms with Crippen molar-refractivity contribution in [3.63, 3.8) is 0 Å². The molecule has 0 N–H and O–H groups in total. The molecule has 0 spiro atoms. The number of hydrogen-bond acceptors (Lipinski definition) is 6. The Bertz CT molecular complexity index is 1090. The van der Waals surface area contributed by atoms with Gasteiger partial charge in [0.25, 0.3) is 0 Å². The standard InChI is InChI=1S/C21H24N4O3S/c1-16-8-9-17(2)19(14-16)29(26,27)25-12-10-24(11-13-25)15-20-22-21(23-28-20)18-6-4-3-5-7-18/h3-9,14H,10-13,15H2,1-2H3. The zero-order chi connectivity index (χ0) is 20.4. The van der Waals surface area contributed by atoms with E-state index in [2.05, 4.69) is 15.0 Å². The van der Waals surface area contributed by atoms with Gasteiger partial charge in [-0.15, -0.1) is 0 Å². The summed E-state index contributed by atoms with van der Waals surface area (Å²) in [6.07, 6.45) is 0. The Hall–Kier alpha value is -2.55. The highest BCUT2D eigenvalue weighted by atomic mass is 32.2. The Morgan fingerprint density at radius 2 is 1.72 bits per heavy atom. The van der Waals surface area contributed by atoms with Crippen LogP contribution in [-0.4, -0.2) is 53.9 Å². The van der Waals surface area contributed by atoms with E-state index in [0.29, 0.717) is 49.3 Å². The third-order valence-electron chi connectivity index (χ3n) is 5.15. The molecule has 3 aromatic rings. The van der Waals surface area contributed by atoms with Gasteiger partial charge in [0.2, 0.25) is 21.7 Å². The molecule has 2 aromatic carbocycles. The van der Waals surface area contributed by atoms with Gasteiger partial charge >= 0.3 is 0 Å². The molecule has 0 radical (unpaired) electrons. The lowest BCUT2D eigenvalue weighted by molar-refractivity contribution is 0.163. The van der Waals surface area contributed by atoms with Crippen molar-refractivity contribution in [2.75, 3.05) is 26.2 Å². The van der Waals surface area contributed by atoms with Crippen molar-refractivity contribution < 1.29 is 12.9 Å². The van der Waals surface area contributed by atoms with Gasteiger partial charge in [0.05, 0.1) is 11.4 Å². The maximum Gasteiger partial charge on any atom is 0.243 e. The SMILES string of the molecule is Cc1ccc(C)c(S(=O)(=O)N2CCN(Cc3nc(-c4ccccc4)no3)CC2)c1. The van der Waals surface area contributed by atoms with E-state index in [1.165, 1.54) is 0 Å². The molecule has 1 fully saturated rings. The number of hydrogen-bond donors (Lipinski definition) is 0. The topological polar surface area (TPSA) is 79.5 Å². The first-order valence-corrected chi connectivity index (χ1v) is 11.1. The molecule has 4 rings (SSSR count). The zero-order valence-electron chi connectivity index (χ0n) is 16.6. The molecule has 0 aliphatic carbocycles. The molecule has 1 saturated heterocycles. The second-order valence-corrected chi connectivity index (χ2v) is 9.23. The summed E-state index contributed by atoms with van der Waals surface area (Å²) in [5, 5.41) is 4.04. The highest BCUT2D eigenvalue weighted by molar-refractivity contribution is 7.89. The third kappa shape index (κ3) is 4.24. The fraction of sp³-hybridized carbons (Fsp3) is 0.333. The van der Waals surface area contributed by atoms with Gasteiger partial charge in [-0.3, -0.25) is 4.90 Å². The molecule has 152 valence electrons. The van der Waals surface area contributed by atoms with Crippen LogP contribution in [0.3, 0.4) is 0 Å². The number of nitrogens with zero attached hydrogens (tertiary/aromatic N) is 4. The summed E-state index contributed by atoms with van der Waals surface area (Å²) < 4.78 is 33.0. The minimum atomic E-state index is -3.49. The molecule has 7 nitrogen and oxygen atoms in total. The first kappa shape index (κ1) is 19.8. The maximum atomic E-state index is 13.1. The van der Waals surface area contributed by atoms with Crippen LogP contribution in [0.1, 0.15) is 17.0 Å². The molecule has 29 heavy (non-hydrogen) atoms. The third-order valence-corrected chi connectivity index (χ3v) is 7.19. The lowest BCUT2D eigenvalue weighted by atomic mass is 10.2. The molecule has 1 aliphatic rings. The molecule has 1 aromatic heterocycles. The van der Waals surface area contributed by atoms with Crippen LogP contribution in [0.4, 0.5) is 0 Å². The average Bonchev–Trinajstić information content (AvgIpc) is 3.19. The van der Waals surface area contributed by atoms with Crippen LogP contribution >= 0.6 is 0 Å². The predicted octanol–water partition coefficient (Wildman–Crippen LogP) is 2.86. The fourth-order valence-electron chi connectivity index (χ4n) is 3.47. The number of rotatable bonds is 5. The highest BCUT2D eigenvalue weighted by Gasteiger charge is 2.30. The first-order chi connectivity index (χ1) is 13.9. The minimum Gasteiger partial charge on any atom is -0.338 e. The summed E-state index contributed by atoms with van der Waals surface area (Å²) in [5.74, 6) is 1.10. The van der Waals surface area contributed by atoms with Crippen LogP contribution in [-0.2, 0) is 16.6 Å². The molecule has 2 heterocycles. The molecule has 8 heteroatoms. The summed E-state index contributed by atoms with van der Waals surface area (Å²) in [6.45, 7) is 6.37. The van der Waals surface area contributed by atoms with Gasteiger partial charge in [-0.25, -0.2) is 8.42 Å². The summed E-state index contributed by atoms with van der Waals surface area (Å²) in [5.41, 5.74) is 2.63. The fourth-order valence-corrected chi connectivity index (χ4v) is 5.20. The number of aryl methyl sites for hydroxylation is 2. The van der Waals surface area contributed by atoms with Crippen molar-refractivity contribution in [2.45, 2.75) is 25.3 Å². The van der Waals surface area contributed by atoms with E-state index in [0.717, 1.165) is 16.7 Å². The molecule has 0 bridgehead atoms. The number of benzene rings is 2. The van der Waals surface area contributed by atoms with E-state index in [9.17, 15) is 8.42 Å². The second kappa shape index (κ2) is 8.06. The molecule has 0 unspecified atom stereocenters. The van der Waals surface area contributed by atoms with Gasteiger partial charge in [-0.2, -0.15) is 9.29 Å². The summed E-state index contributed by atoms with van der Waals surface area (Å²) in [4.78, 5) is 6.99. The predicted molar refractivity (Wildman–Crippen MR) is 110 cm³/mol. The van der Waals surface area contributed by atoms with E-state index in [1.54, 1.807) is 10.4 Å². The van der Waals surface area contributed by atoms with Crippen molar-refractivity contribution >= 4 is 10.0 Å². The Labute approximate surface area is 171 Å². The van der Waals surface area contributed by atoms with Crippen molar-refractivity contribution in [1.29, 1.82) is 0 Å². The van der Waals surface area contributed by atoms with Crippen LogP contribution in [0.15, 0.2) is 57.9 Å². The van der Waals surface area contributed by atoms with Gasteiger partial charge in [0, 0.05) is 31.7 Å². The molecule has 1 aliphatic heterocycles. The van der Waals surface area contributed by atoms with Crippen LogP contribution in [0.2, 0.25) is 0 Å². The smallest absolute Gasteiger partial charge is 0.243 e. The van der Waals surface area contributed by atoms with E-state index in [1.807, 2.05) is 56.3 Å². The van der Waals surface area contributed by atoms with Gasteiger partial charge in [-0.1, -0.05) is 47.6 Å². The molecule has 0 atom stereocenters. The van der Waals surface area contributed by atoms with Crippen molar-refractivity contribution in [3.8, 4) is 11.4 Å². The lowest BCUT2D eigenvalue weighted by Gasteiger charge is -2.33. The summed E-state index contributed by atoms with van der Waals surface area (Å²) >= 11 is 0. The van der Waals surface area contributed by atoms with E-state index < -0.39 is 10.0 Å². The number of aromatic nitrogens is 2. The van der Waals surface area contributed by atoms with Gasteiger partial charge < -0.3 is 4.52 Å². The Morgan fingerprint density at radius 1 is 1.00 bits per heavy atom. The first-order valence-electron chi connectivity index (χ1n) is 9.61. The number of piperazine rings is 1. The zero-order valence-corrected chi connectivity index (χ0v) is 17.4. The van der Waals surface area contributed by atoms with Crippen LogP contribution in [0.25, 0.3) is 11.4 Å². The van der Waals surface area contributed by atoms with Gasteiger partial charge in [0.1, 0.15) is 0 Å². The van der Waals surface area contributed by atoms with Crippen molar-refractivity contribution in [2.24, 2.45) is 0 Å². The Balaban J connectivity index is 1.40. The van der Waals surface area contributed by atoms with Gasteiger partial charge in [0.15, 0.2) is 0 Å². The van der Waals surface area contributed by atoms with Crippen molar-refractivity contribution in [1.82, 2.24) is 19.3 Å². The second-order valence-electron chi connectivity index (χ2n) is 7.33. The average molecular weight is 413 g/mol. The lowest BCUT2D eigenvalue weighted by Crippen LogP contribution is -2.48. The molecule has 0 amide bonds. The van der Waals surface area contributed by atoms with E-state index in [4.69, 9.17) is 4.52 Å². The van der Waals surface area contributed by atoms with Crippen LogP contribution in [0, 0.1) is 13.8 Å². The summed E-state index contributed by atoms with van der Waals surface area (Å²) in [7, 11) is -3.49.